The zero-order valence-corrected chi connectivity index (χ0v) is 15.3. The summed E-state index contributed by atoms with van der Waals surface area (Å²) in [7, 11) is 0. The molecule has 0 bridgehead atoms. The maximum absolute atomic E-state index is 12.7. The van der Waals surface area contributed by atoms with E-state index >= 15 is 0 Å². The Kier molecular flexibility index (Phi) is 6.69. The standard InChI is InChI=1S/C21H24O6/c1-4-11-26-19(23)17-15(22)13-21(3,25)18(20(24)27-12-5-2)16(17)14-9-7-6-8-10-14/h4-10,16-18,25H,1-2,11-13H2,3H3/t16-,17+,18+,21-/m0/s1. The quantitative estimate of drug-likeness (QED) is 0.448. The van der Waals surface area contributed by atoms with Crippen LogP contribution in [0.25, 0.3) is 0 Å². The number of carbonyl (C=O) groups is 3. The lowest BCUT2D eigenvalue weighted by molar-refractivity contribution is -0.171. The number of carbonyl (C=O) groups excluding carboxylic acids is 3. The van der Waals surface area contributed by atoms with Crippen LogP contribution in [0.3, 0.4) is 0 Å². The van der Waals surface area contributed by atoms with E-state index in [4.69, 9.17) is 9.47 Å². The van der Waals surface area contributed by atoms with Crippen LogP contribution in [-0.4, -0.2) is 41.6 Å². The molecule has 0 unspecified atom stereocenters. The smallest absolute Gasteiger partial charge is 0.317 e. The van der Waals surface area contributed by atoms with Crippen molar-refractivity contribution in [2.75, 3.05) is 13.2 Å². The number of hydrogen-bond donors (Lipinski definition) is 1. The highest BCUT2D eigenvalue weighted by Gasteiger charge is 2.57. The molecule has 1 aromatic carbocycles. The van der Waals surface area contributed by atoms with E-state index in [0.717, 1.165) is 0 Å². The molecular formula is C21H24O6. The van der Waals surface area contributed by atoms with Crippen molar-refractivity contribution in [1.29, 1.82) is 0 Å². The molecule has 0 radical (unpaired) electrons. The summed E-state index contributed by atoms with van der Waals surface area (Å²) in [5, 5.41) is 10.9. The van der Waals surface area contributed by atoms with Crippen LogP contribution < -0.4 is 0 Å². The normalized spacial score (nSPS) is 27.5. The van der Waals surface area contributed by atoms with Gasteiger partial charge in [0.2, 0.25) is 0 Å². The lowest BCUT2D eigenvalue weighted by Gasteiger charge is -2.43. The number of esters is 2. The minimum absolute atomic E-state index is 0.0353. The van der Waals surface area contributed by atoms with E-state index in [9.17, 15) is 19.5 Å². The second-order valence-electron chi connectivity index (χ2n) is 6.73. The van der Waals surface area contributed by atoms with Gasteiger partial charge in [-0.05, 0) is 12.5 Å². The van der Waals surface area contributed by atoms with Crippen LogP contribution in [0.5, 0.6) is 0 Å². The van der Waals surface area contributed by atoms with Crippen LogP contribution >= 0.6 is 0 Å². The highest BCUT2D eigenvalue weighted by molar-refractivity contribution is 6.02. The van der Waals surface area contributed by atoms with Crippen molar-refractivity contribution in [2.24, 2.45) is 11.8 Å². The Morgan fingerprint density at radius 1 is 1.15 bits per heavy atom. The van der Waals surface area contributed by atoms with Gasteiger partial charge in [-0.3, -0.25) is 14.4 Å². The summed E-state index contributed by atoms with van der Waals surface area (Å²) in [6.07, 6.45) is 2.46. The molecule has 1 aromatic rings. The van der Waals surface area contributed by atoms with E-state index in [1.807, 2.05) is 0 Å². The average molecular weight is 372 g/mol. The van der Waals surface area contributed by atoms with Gasteiger partial charge in [0.25, 0.3) is 0 Å². The van der Waals surface area contributed by atoms with Gasteiger partial charge in [0.05, 0.1) is 11.5 Å². The predicted molar refractivity (Wildman–Crippen MR) is 98.7 cm³/mol. The van der Waals surface area contributed by atoms with Gasteiger partial charge in [-0.25, -0.2) is 0 Å². The fourth-order valence-electron chi connectivity index (χ4n) is 3.55. The van der Waals surface area contributed by atoms with Crippen molar-refractivity contribution in [2.45, 2.75) is 24.9 Å². The Bertz CT molecular complexity index is 721. The van der Waals surface area contributed by atoms with E-state index in [0.29, 0.717) is 5.56 Å². The molecule has 1 saturated carbocycles. The number of aliphatic hydroxyl groups is 1. The van der Waals surface area contributed by atoms with Crippen molar-refractivity contribution >= 4 is 17.7 Å². The maximum atomic E-state index is 12.7. The first kappa shape index (κ1) is 20.6. The lowest BCUT2D eigenvalue weighted by atomic mass is 9.62. The van der Waals surface area contributed by atoms with Gasteiger partial charge in [-0.15, -0.1) is 0 Å². The Labute approximate surface area is 158 Å². The van der Waals surface area contributed by atoms with E-state index in [1.165, 1.54) is 19.1 Å². The molecule has 0 aliphatic heterocycles. The Morgan fingerprint density at radius 2 is 1.70 bits per heavy atom. The van der Waals surface area contributed by atoms with Gasteiger partial charge < -0.3 is 14.6 Å². The van der Waals surface area contributed by atoms with Crippen LogP contribution in [0.2, 0.25) is 0 Å². The van der Waals surface area contributed by atoms with E-state index in [1.54, 1.807) is 30.3 Å². The third kappa shape index (κ3) is 4.52. The lowest BCUT2D eigenvalue weighted by Crippen LogP contribution is -2.55. The monoisotopic (exact) mass is 372 g/mol. The highest BCUT2D eigenvalue weighted by Crippen LogP contribution is 2.46. The Hall–Kier alpha value is -2.73. The second-order valence-corrected chi connectivity index (χ2v) is 6.73. The number of rotatable bonds is 7. The molecule has 1 aliphatic carbocycles. The maximum Gasteiger partial charge on any atom is 0.317 e. The molecule has 1 N–H and O–H groups in total. The Morgan fingerprint density at radius 3 is 2.26 bits per heavy atom. The Balaban J connectivity index is 2.53. The zero-order valence-electron chi connectivity index (χ0n) is 15.3. The van der Waals surface area contributed by atoms with Crippen LogP contribution in [-0.2, 0) is 23.9 Å². The first-order valence-corrected chi connectivity index (χ1v) is 8.68. The van der Waals surface area contributed by atoms with Crippen LogP contribution in [0.1, 0.15) is 24.8 Å². The van der Waals surface area contributed by atoms with Gasteiger partial charge in [0.1, 0.15) is 19.1 Å². The molecule has 0 spiro atoms. The molecule has 1 aliphatic rings. The number of hydrogen-bond acceptors (Lipinski definition) is 6. The minimum atomic E-state index is -1.66. The topological polar surface area (TPSA) is 89.9 Å². The zero-order chi connectivity index (χ0) is 20.0. The van der Waals surface area contributed by atoms with Gasteiger partial charge in [-0.2, -0.15) is 0 Å². The molecule has 6 nitrogen and oxygen atoms in total. The fourth-order valence-corrected chi connectivity index (χ4v) is 3.55. The summed E-state index contributed by atoms with van der Waals surface area (Å²) in [6, 6.07) is 8.67. The van der Waals surface area contributed by atoms with Crippen molar-refractivity contribution in [3.63, 3.8) is 0 Å². The van der Waals surface area contributed by atoms with Gasteiger partial charge in [-0.1, -0.05) is 55.6 Å². The molecule has 2 rings (SSSR count). The minimum Gasteiger partial charge on any atom is -0.461 e. The third-order valence-corrected chi connectivity index (χ3v) is 4.65. The van der Waals surface area contributed by atoms with Gasteiger partial charge >= 0.3 is 11.9 Å². The molecule has 4 atom stereocenters. The molecule has 0 heterocycles. The molecule has 1 fully saturated rings. The SMILES string of the molecule is C=CCOC(=O)[C@@H]1C(=O)C[C@](C)(O)[C@@H](C(=O)OCC=C)[C@H]1c1ccccc1. The molecule has 0 aromatic heterocycles. The van der Waals surface area contributed by atoms with Gasteiger partial charge in [0, 0.05) is 12.3 Å². The number of ether oxygens (including phenoxy) is 2. The molecule has 27 heavy (non-hydrogen) atoms. The summed E-state index contributed by atoms with van der Waals surface area (Å²) >= 11 is 0. The van der Waals surface area contributed by atoms with Gasteiger partial charge in [0.15, 0.2) is 5.78 Å². The summed E-state index contributed by atoms with van der Waals surface area (Å²) in [5.74, 6) is -5.14. The van der Waals surface area contributed by atoms with Crippen molar-refractivity contribution in [3.05, 3.63) is 61.2 Å². The van der Waals surface area contributed by atoms with E-state index < -0.39 is 41.1 Å². The third-order valence-electron chi connectivity index (χ3n) is 4.65. The summed E-state index contributed by atoms with van der Waals surface area (Å²) in [4.78, 5) is 38.1. The highest BCUT2D eigenvalue weighted by atomic mass is 16.5. The number of benzene rings is 1. The van der Waals surface area contributed by atoms with E-state index in [2.05, 4.69) is 13.2 Å². The number of ketones is 1. The first-order valence-electron chi connectivity index (χ1n) is 8.68. The summed E-state index contributed by atoms with van der Waals surface area (Å²) in [5.41, 5.74) is -1.09. The van der Waals surface area contributed by atoms with Crippen LogP contribution in [0.15, 0.2) is 55.6 Å². The molecule has 0 saturated heterocycles. The van der Waals surface area contributed by atoms with Crippen molar-refractivity contribution in [3.8, 4) is 0 Å². The van der Waals surface area contributed by atoms with Crippen molar-refractivity contribution in [1.82, 2.24) is 0 Å². The second kappa shape index (κ2) is 8.77. The van der Waals surface area contributed by atoms with E-state index in [-0.39, 0.29) is 19.6 Å². The average Bonchev–Trinajstić information content (AvgIpc) is 2.63. The van der Waals surface area contributed by atoms with Crippen molar-refractivity contribution < 1.29 is 29.0 Å². The first-order chi connectivity index (χ1) is 12.8. The predicted octanol–water partition coefficient (Wildman–Crippen LogP) is 2.18. The van der Waals surface area contributed by atoms with Crippen LogP contribution in [0, 0.1) is 11.8 Å². The molecule has 6 heteroatoms. The molecular weight excluding hydrogens is 348 g/mol. The van der Waals surface area contributed by atoms with Crippen LogP contribution in [0.4, 0.5) is 0 Å². The largest absolute Gasteiger partial charge is 0.461 e. The fraction of sp³-hybridized carbons (Fsp3) is 0.381. The molecule has 0 amide bonds. The summed E-state index contributed by atoms with van der Waals surface area (Å²) < 4.78 is 10.3. The summed E-state index contributed by atoms with van der Waals surface area (Å²) in [6.45, 7) is 8.32. The number of Topliss-reactive ketones (excluding diaryl/α,β-unsaturated/α-hetero) is 1. The molecule has 144 valence electrons.